The summed E-state index contributed by atoms with van der Waals surface area (Å²) < 4.78 is 23.7. The van der Waals surface area contributed by atoms with Gasteiger partial charge < -0.3 is 4.90 Å². The summed E-state index contributed by atoms with van der Waals surface area (Å²) in [5.74, 6) is 0.558. The average molecular weight is 359 g/mol. The van der Waals surface area contributed by atoms with Crippen LogP contribution >= 0.6 is 23.4 Å². The van der Waals surface area contributed by atoms with Gasteiger partial charge in [0.15, 0.2) is 15.0 Å². The number of rotatable bonds is 3. The number of halogens is 1. The van der Waals surface area contributed by atoms with Crippen LogP contribution in [-0.2, 0) is 14.6 Å². The highest BCUT2D eigenvalue weighted by Gasteiger charge is 2.47. The molecule has 0 amide bonds. The van der Waals surface area contributed by atoms with Crippen LogP contribution < -0.4 is 4.90 Å². The molecule has 1 saturated heterocycles. The SMILES string of the molecule is CC(=O)CSC1=N[C@H]2CS(=O)(=O)C[C@@H]2N1c1ccc(Cl)cc1. The second-order valence-electron chi connectivity index (χ2n) is 5.46. The van der Waals surface area contributed by atoms with Crippen molar-refractivity contribution in [1.29, 1.82) is 0 Å². The molecular formula is C14H15ClN2O3S2. The van der Waals surface area contributed by atoms with Gasteiger partial charge in [0.05, 0.1) is 29.3 Å². The molecule has 118 valence electrons. The lowest BCUT2D eigenvalue weighted by Gasteiger charge is -2.26. The van der Waals surface area contributed by atoms with Gasteiger partial charge in [-0.25, -0.2) is 8.42 Å². The summed E-state index contributed by atoms with van der Waals surface area (Å²) in [6.45, 7) is 1.53. The van der Waals surface area contributed by atoms with E-state index in [2.05, 4.69) is 4.99 Å². The molecular weight excluding hydrogens is 344 g/mol. The summed E-state index contributed by atoms with van der Waals surface area (Å²) in [6.07, 6.45) is 0. The van der Waals surface area contributed by atoms with Crippen molar-refractivity contribution in [2.75, 3.05) is 22.2 Å². The number of hydrogen-bond donors (Lipinski definition) is 0. The molecule has 0 saturated carbocycles. The molecule has 0 radical (unpaired) electrons. The third-order valence-corrected chi connectivity index (χ3v) is 6.68. The number of thioether (sulfide) groups is 1. The number of anilines is 1. The molecule has 1 aromatic carbocycles. The number of carbonyl (C=O) groups excluding carboxylic acids is 1. The Morgan fingerprint density at radius 1 is 1.36 bits per heavy atom. The molecule has 2 atom stereocenters. The largest absolute Gasteiger partial charge is 0.315 e. The molecule has 5 nitrogen and oxygen atoms in total. The summed E-state index contributed by atoms with van der Waals surface area (Å²) in [6, 6.07) is 6.77. The number of carbonyl (C=O) groups is 1. The standard InChI is InChI=1S/C14H15ClN2O3S2/c1-9(18)6-21-14-16-12-7-22(19,20)8-13(12)17(14)11-4-2-10(15)3-5-11/h2-5,12-13H,6-8H2,1H3/t12-,13-/m0/s1. The van der Waals surface area contributed by atoms with Crippen molar-refractivity contribution in [3.63, 3.8) is 0 Å². The Kier molecular flexibility index (Phi) is 4.22. The smallest absolute Gasteiger partial charge is 0.164 e. The van der Waals surface area contributed by atoms with Gasteiger partial charge in [-0.05, 0) is 31.2 Å². The first-order valence-electron chi connectivity index (χ1n) is 6.81. The Hall–Kier alpha value is -1.05. The summed E-state index contributed by atoms with van der Waals surface area (Å²) in [5.41, 5.74) is 0.851. The predicted octanol–water partition coefficient (Wildman–Crippen LogP) is 2.00. The Balaban J connectivity index is 1.93. The minimum atomic E-state index is -3.06. The number of nitrogens with zero attached hydrogens (tertiary/aromatic N) is 2. The number of aliphatic imine (C=N–C) groups is 1. The molecule has 1 fully saturated rings. The van der Waals surface area contributed by atoms with Crippen molar-refractivity contribution in [3.05, 3.63) is 29.3 Å². The molecule has 8 heteroatoms. The van der Waals surface area contributed by atoms with Crippen molar-refractivity contribution in [1.82, 2.24) is 0 Å². The quantitative estimate of drug-likeness (QED) is 0.826. The molecule has 0 aliphatic carbocycles. The minimum absolute atomic E-state index is 0.0634. The van der Waals surface area contributed by atoms with E-state index in [9.17, 15) is 13.2 Å². The number of fused-ring (bicyclic) bond motifs is 1. The van der Waals surface area contributed by atoms with E-state index in [0.717, 1.165) is 5.69 Å². The first-order chi connectivity index (χ1) is 10.4. The van der Waals surface area contributed by atoms with Crippen LogP contribution in [0.3, 0.4) is 0 Å². The number of sulfone groups is 1. The van der Waals surface area contributed by atoms with E-state index in [1.165, 1.54) is 18.7 Å². The number of amidine groups is 1. The van der Waals surface area contributed by atoms with Crippen LogP contribution in [0.1, 0.15) is 6.92 Å². The van der Waals surface area contributed by atoms with Crippen molar-refractivity contribution in [2.24, 2.45) is 4.99 Å². The zero-order chi connectivity index (χ0) is 15.9. The van der Waals surface area contributed by atoms with Crippen LogP contribution in [0, 0.1) is 0 Å². The molecule has 2 aliphatic heterocycles. The number of hydrogen-bond acceptors (Lipinski definition) is 6. The summed E-state index contributed by atoms with van der Waals surface area (Å²) >= 11 is 7.27. The third kappa shape index (κ3) is 3.16. The van der Waals surface area contributed by atoms with Crippen LogP contribution in [0.4, 0.5) is 5.69 Å². The van der Waals surface area contributed by atoms with Gasteiger partial charge in [0.2, 0.25) is 0 Å². The monoisotopic (exact) mass is 358 g/mol. The highest BCUT2D eigenvalue weighted by Crippen LogP contribution is 2.35. The molecule has 3 rings (SSSR count). The van der Waals surface area contributed by atoms with Crippen molar-refractivity contribution < 1.29 is 13.2 Å². The maximum Gasteiger partial charge on any atom is 0.164 e. The molecule has 0 N–H and O–H groups in total. The molecule has 2 heterocycles. The maximum absolute atomic E-state index is 11.9. The summed E-state index contributed by atoms with van der Waals surface area (Å²) in [4.78, 5) is 17.7. The number of Topliss-reactive ketones (excluding diaryl/α,β-unsaturated/α-hetero) is 1. The maximum atomic E-state index is 11.9. The van der Waals surface area contributed by atoms with Crippen LogP contribution in [0.25, 0.3) is 0 Å². The van der Waals surface area contributed by atoms with Gasteiger partial charge in [0.25, 0.3) is 0 Å². The fourth-order valence-electron chi connectivity index (χ4n) is 2.70. The molecule has 0 bridgehead atoms. The zero-order valence-corrected chi connectivity index (χ0v) is 14.3. The zero-order valence-electron chi connectivity index (χ0n) is 11.9. The molecule has 0 aromatic heterocycles. The summed E-state index contributed by atoms with van der Waals surface area (Å²) in [7, 11) is -3.06. The molecule has 1 aromatic rings. The second kappa shape index (κ2) is 5.86. The molecule has 2 aliphatic rings. The molecule has 22 heavy (non-hydrogen) atoms. The van der Waals surface area contributed by atoms with E-state index in [1.807, 2.05) is 17.0 Å². The van der Waals surface area contributed by atoms with Gasteiger partial charge in [0.1, 0.15) is 5.78 Å². The van der Waals surface area contributed by atoms with Crippen LogP contribution in [0.5, 0.6) is 0 Å². The average Bonchev–Trinajstić information content (AvgIpc) is 2.89. The van der Waals surface area contributed by atoms with Gasteiger partial charge in [-0.1, -0.05) is 23.4 Å². The minimum Gasteiger partial charge on any atom is -0.315 e. The van der Waals surface area contributed by atoms with E-state index in [-0.39, 0.29) is 29.4 Å². The highest BCUT2D eigenvalue weighted by atomic mass is 35.5. The number of ketones is 1. The Morgan fingerprint density at radius 2 is 2.05 bits per heavy atom. The second-order valence-corrected chi connectivity index (χ2v) is 8.99. The van der Waals surface area contributed by atoms with Crippen LogP contribution in [0.2, 0.25) is 5.02 Å². The third-order valence-electron chi connectivity index (χ3n) is 3.62. The van der Waals surface area contributed by atoms with E-state index < -0.39 is 9.84 Å². The Morgan fingerprint density at radius 3 is 2.68 bits per heavy atom. The fourth-order valence-corrected chi connectivity index (χ4v) is 5.60. The van der Waals surface area contributed by atoms with Gasteiger partial charge >= 0.3 is 0 Å². The molecule has 0 spiro atoms. The van der Waals surface area contributed by atoms with Gasteiger partial charge in [-0.15, -0.1) is 0 Å². The van der Waals surface area contributed by atoms with Crippen molar-refractivity contribution in [2.45, 2.75) is 19.0 Å². The predicted molar refractivity (Wildman–Crippen MR) is 90.7 cm³/mol. The van der Waals surface area contributed by atoms with E-state index in [0.29, 0.717) is 15.9 Å². The first kappa shape index (κ1) is 15.8. The van der Waals surface area contributed by atoms with Crippen LogP contribution in [0.15, 0.2) is 29.3 Å². The van der Waals surface area contributed by atoms with Crippen molar-refractivity contribution in [3.8, 4) is 0 Å². The topological polar surface area (TPSA) is 66.8 Å². The van der Waals surface area contributed by atoms with E-state index >= 15 is 0 Å². The first-order valence-corrected chi connectivity index (χ1v) is 9.99. The Labute approximate surface area is 138 Å². The fraction of sp³-hybridized carbons (Fsp3) is 0.429. The molecule has 0 unspecified atom stereocenters. The Bertz CT molecular complexity index is 731. The lowest BCUT2D eigenvalue weighted by Crippen LogP contribution is -2.39. The van der Waals surface area contributed by atoms with E-state index in [4.69, 9.17) is 11.6 Å². The highest BCUT2D eigenvalue weighted by molar-refractivity contribution is 8.14. The van der Waals surface area contributed by atoms with Crippen LogP contribution in [-0.4, -0.2) is 48.7 Å². The van der Waals surface area contributed by atoms with Gasteiger partial charge in [-0.2, -0.15) is 0 Å². The lowest BCUT2D eigenvalue weighted by atomic mass is 10.1. The summed E-state index contributed by atoms with van der Waals surface area (Å²) in [5, 5.41) is 1.33. The van der Waals surface area contributed by atoms with Gasteiger partial charge in [-0.3, -0.25) is 9.79 Å². The van der Waals surface area contributed by atoms with Gasteiger partial charge in [0, 0.05) is 10.7 Å². The van der Waals surface area contributed by atoms with E-state index in [1.54, 1.807) is 12.1 Å². The van der Waals surface area contributed by atoms with Crippen molar-refractivity contribution >= 4 is 49.8 Å². The number of benzene rings is 1. The normalized spacial score (nSPS) is 25.9. The lowest BCUT2D eigenvalue weighted by molar-refractivity contribution is -0.114.